The van der Waals surface area contributed by atoms with Crippen LogP contribution in [0.4, 0.5) is 16.2 Å². The highest BCUT2D eigenvalue weighted by molar-refractivity contribution is 6.33. The first kappa shape index (κ1) is 18.7. The Morgan fingerprint density at radius 1 is 0.862 bits per heavy atom. The highest BCUT2D eigenvalue weighted by Gasteiger charge is 2.12. The summed E-state index contributed by atoms with van der Waals surface area (Å²) < 4.78 is 5.77. The molecule has 0 saturated carbocycles. The highest BCUT2D eigenvalue weighted by atomic mass is 35.5. The number of rotatable bonds is 4. The second-order valence-electron chi connectivity index (χ2n) is 6.42. The number of aromatic nitrogens is 2. The summed E-state index contributed by atoms with van der Waals surface area (Å²) >= 11 is 6.16. The van der Waals surface area contributed by atoms with Crippen molar-refractivity contribution >= 4 is 29.0 Å². The van der Waals surface area contributed by atoms with E-state index in [0.717, 1.165) is 11.1 Å². The van der Waals surface area contributed by atoms with E-state index in [1.54, 1.807) is 30.3 Å². The lowest BCUT2D eigenvalue weighted by atomic mass is 10.2. The molecule has 0 aliphatic rings. The van der Waals surface area contributed by atoms with Crippen LogP contribution >= 0.6 is 11.6 Å². The Bertz CT molecular complexity index is 1160. The van der Waals surface area contributed by atoms with E-state index in [2.05, 4.69) is 20.8 Å². The van der Waals surface area contributed by atoms with Gasteiger partial charge in [0.15, 0.2) is 0 Å². The molecule has 3 aromatic carbocycles. The quantitative estimate of drug-likeness (QED) is 0.436. The van der Waals surface area contributed by atoms with Crippen molar-refractivity contribution in [3.05, 3.63) is 83.4 Å². The molecule has 7 heteroatoms. The lowest BCUT2D eigenvalue weighted by Crippen LogP contribution is -2.19. The normalized spacial score (nSPS) is 10.6. The van der Waals surface area contributed by atoms with Crippen LogP contribution in [0, 0.1) is 6.92 Å². The van der Waals surface area contributed by atoms with E-state index < -0.39 is 6.03 Å². The van der Waals surface area contributed by atoms with Crippen molar-refractivity contribution in [2.45, 2.75) is 6.92 Å². The Balaban J connectivity index is 1.49. The monoisotopic (exact) mass is 404 g/mol. The van der Waals surface area contributed by atoms with Crippen LogP contribution in [0.25, 0.3) is 22.9 Å². The zero-order chi connectivity index (χ0) is 20.2. The van der Waals surface area contributed by atoms with Gasteiger partial charge in [-0.25, -0.2) is 4.79 Å². The number of hydrogen-bond acceptors (Lipinski definition) is 4. The van der Waals surface area contributed by atoms with E-state index in [0.29, 0.717) is 33.7 Å². The van der Waals surface area contributed by atoms with Crippen LogP contribution in [0.2, 0.25) is 5.02 Å². The number of halogens is 1. The fraction of sp³-hybridized carbons (Fsp3) is 0.0455. The van der Waals surface area contributed by atoms with Crippen molar-refractivity contribution < 1.29 is 9.21 Å². The minimum atomic E-state index is -0.400. The van der Waals surface area contributed by atoms with Crippen LogP contribution in [0.1, 0.15) is 5.56 Å². The zero-order valence-corrected chi connectivity index (χ0v) is 16.3. The van der Waals surface area contributed by atoms with E-state index in [9.17, 15) is 4.79 Å². The van der Waals surface area contributed by atoms with Crippen LogP contribution in [0.3, 0.4) is 0 Å². The first-order valence-electron chi connectivity index (χ1n) is 8.92. The van der Waals surface area contributed by atoms with Crippen molar-refractivity contribution in [1.29, 1.82) is 0 Å². The third-order valence-electron chi connectivity index (χ3n) is 4.19. The standard InChI is InChI=1S/C22H17ClN4O2/c1-14-10-11-19(18(23)12-14)25-22(28)24-17-9-5-8-16(13-17)21-27-26-20(29-21)15-6-3-2-4-7-15/h2-13H,1H3,(H2,24,25,28). The predicted octanol–water partition coefficient (Wildman–Crippen LogP) is 6.01. The second kappa shape index (κ2) is 8.16. The molecule has 0 fully saturated rings. The van der Waals surface area contributed by atoms with E-state index in [1.165, 1.54) is 0 Å². The van der Waals surface area contributed by atoms with Crippen LogP contribution in [-0.4, -0.2) is 16.2 Å². The van der Waals surface area contributed by atoms with Crippen LogP contribution in [0.5, 0.6) is 0 Å². The van der Waals surface area contributed by atoms with Crippen LogP contribution in [-0.2, 0) is 0 Å². The van der Waals surface area contributed by atoms with Crippen molar-refractivity contribution in [3.63, 3.8) is 0 Å². The fourth-order valence-corrected chi connectivity index (χ4v) is 3.06. The average Bonchev–Trinajstić information content (AvgIpc) is 3.21. The molecular formula is C22H17ClN4O2. The number of urea groups is 1. The van der Waals surface area contributed by atoms with Crippen molar-refractivity contribution in [1.82, 2.24) is 10.2 Å². The molecular weight excluding hydrogens is 388 g/mol. The summed E-state index contributed by atoms with van der Waals surface area (Å²) in [6.07, 6.45) is 0. The molecule has 0 aliphatic carbocycles. The predicted molar refractivity (Wildman–Crippen MR) is 114 cm³/mol. The number of nitrogens with one attached hydrogen (secondary N) is 2. The summed E-state index contributed by atoms with van der Waals surface area (Å²) in [4.78, 5) is 12.3. The lowest BCUT2D eigenvalue weighted by Gasteiger charge is -2.10. The minimum Gasteiger partial charge on any atom is -0.416 e. The summed E-state index contributed by atoms with van der Waals surface area (Å²) in [5.41, 5.74) is 3.68. The number of nitrogens with zero attached hydrogens (tertiary/aromatic N) is 2. The maximum atomic E-state index is 12.3. The molecule has 2 amide bonds. The maximum absolute atomic E-state index is 12.3. The SMILES string of the molecule is Cc1ccc(NC(=O)Nc2cccc(-c3nnc(-c4ccccc4)o3)c2)c(Cl)c1. The lowest BCUT2D eigenvalue weighted by molar-refractivity contribution is 0.262. The molecule has 6 nitrogen and oxygen atoms in total. The van der Waals surface area contributed by atoms with E-state index in [4.69, 9.17) is 16.0 Å². The van der Waals surface area contributed by atoms with Gasteiger partial charge in [-0.3, -0.25) is 0 Å². The smallest absolute Gasteiger partial charge is 0.323 e. The number of amides is 2. The summed E-state index contributed by atoms with van der Waals surface area (Å²) in [6.45, 7) is 1.93. The van der Waals surface area contributed by atoms with Gasteiger partial charge in [0.25, 0.3) is 0 Å². The van der Waals surface area contributed by atoms with E-state index in [1.807, 2.05) is 49.4 Å². The van der Waals surface area contributed by atoms with Gasteiger partial charge in [-0.1, -0.05) is 41.9 Å². The zero-order valence-electron chi connectivity index (χ0n) is 15.5. The first-order chi connectivity index (χ1) is 14.1. The molecule has 1 aromatic heterocycles. The van der Waals surface area contributed by atoms with Gasteiger partial charge in [-0.15, -0.1) is 10.2 Å². The molecule has 0 bridgehead atoms. The van der Waals surface area contributed by atoms with Gasteiger partial charge < -0.3 is 15.1 Å². The van der Waals surface area contributed by atoms with Gasteiger partial charge in [0.05, 0.1) is 10.7 Å². The molecule has 0 aliphatic heterocycles. The first-order valence-corrected chi connectivity index (χ1v) is 9.30. The Morgan fingerprint density at radius 3 is 2.34 bits per heavy atom. The van der Waals surface area contributed by atoms with Crippen molar-refractivity contribution in [2.24, 2.45) is 0 Å². The third-order valence-corrected chi connectivity index (χ3v) is 4.50. The van der Waals surface area contributed by atoms with Crippen molar-refractivity contribution in [2.75, 3.05) is 10.6 Å². The fourth-order valence-electron chi connectivity index (χ4n) is 2.77. The average molecular weight is 405 g/mol. The summed E-state index contributed by atoms with van der Waals surface area (Å²) in [6, 6.07) is 21.7. The van der Waals surface area contributed by atoms with Gasteiger partial charge in [-0.2, -0.15) is 0 Å². The highest BCUT2D eigenvalue weighted by Crippen LogP contribution is 2.26. The molecule has 0 unspecified atom stereocenters. The number of carbonyl (C=O) groups is 1. The van der Waals surface area contributed by atoms with Gasteiger partial charge in [0, 0.05) is 16.8 Å². The largest absolute Gasteiger partial charge is 0.416 e. The van der Waals surface area contributed by atoms with Crippen LogP contribution < -0.4 is 10.6 Å². The van der Waals surface area contributed by atoms with Gasteiger partial charge in [0.1, 0.15) is 0 Å². The van der Waals surface area contributed by atoms with Crippen molar-refractivity contribution in [3.8, 4) is 22.9 Å². The Morgan fingerprint density at radius 2 is 1.59 bits per heavy atom. The molecule has 4 rings (SSSR count). The van der Waals surface area contributed by atoms with Gasteiger partial charge in [-0.05, 0) is 55.0 Å². The molecule has 144 valence electrons. The number of carbonyl (C=O) groups excluding carboxylic acids is 1. The number of aryl methyl sites for hydroxylation is 1. The third kappa shape index (κ3) is 4.44. The molecule has 0 radical (unpaired) electrons. The number of anilines is 2. The number of hydrogen-bond donors (Lipinski definition) is 2. The molecule has 2 N–H and O–H groups in total. The summed E-state index contributed by atoms with van der Waals surface area (Å²) in [5, 5.41) is 14.2. The van der Waals surface area contributed by atoms with Gasteiger partial charge >= 0.3 is 6.03 Å². The summed E-state index contributed by atoms with van der Waals surface area (Å²) in [7, 11) is 0. The Kier molecular flexibility index (Phi) is 5.27. The number of benzene rings is 3. The summed E-state index contributed by atoms with van der Waals surface area (Å²) in [5.74, 6) is 0.806. The second-order valence-corrected chi connectivity index (χ2v) is 6.83. The van der Waals surface area contributed by atoms with E-state index >= 15 is 0 Å². The van der Waals surface area contributed by atoms with Gasteiger partial charge in [0.2, 0.25) is 11.8 Å². The Labute approximate surface area is 172 Å². The minimum absolute atomic E-state index is 0.370. The molecule has 4 aromatic rings. The molecule has 0 spiro atoms. The topological polar surface area (TPSA) is 80.0 Å². The molecule has 29 heavy (non-hydrogen) atoms. The maximum Gasteiger partial charge on any atom is 0.323 e. The molecule has 1 heterocycles. The molecule has 0 atom stereocenters. The van der Waals surface area contributed by atoms with E-state index in [-0.39, 0.29) is 0 Å². The Hall–Kier alpha value is -3.64. The molecule has 0 saturated heterocycles. The van der Waals surface area contributed by atoms with Crippen LogP contribution in [0.15, 0.2) is 77.2 Å².